The van der Waals surface area contributed by atoms with Gasteiger partial charge >= 0.3 is 0 Å². The zero-order valence-corrected chi connectivity index (χ0v) is 4.73. The van der Waals surface area contributed by atoms with Gasteiger partial charge in [-0.15, -0.1) is 0 Å². The summed E-state index contributed by atoms with van der Waals surface area (Å²) in [5.74, 6) is 0. The van der Waals surface area contributed by atoms with Crippen molar-refractivity contribution < 1.29 is 0 Å². The predicted molar refractivity (Wildman–Crippen MR) is 26.0 cm³/mol. The van der Waals surface area contributed by atoms with Crippen LogP contribution in [0.15, 0.2) is 11.9 Å². The Morgan fingerprint density at radius 2 is 2.80 bits per heavy atom. The van der Waals surface area contributed by atoms with Crippen molar-refractivity contribution in [2.75, 3.05) is 0 Å². The Balaban J connectivity index is 3.13. The Bertz CT molecular complexity index is 66.1. The maximum absolute atomic E-state index is 3.05. The van der Waals surface area contributed by atoms with Gasteiger partial charge in [0.2, 0.25) is 0 Å². The summed E-state index contributed by atoms with van der Waals surface area (Å²) in [4.78, 5) is 0. The van der Waals surface area contributed by atoms with E-state index in [0.717, 1.165) is 0 Å². The largest absolute Gasteiger partial charge is 0.350 e. The molecule has 26 valence electrons. The van der Waals surface area contributed by atoms with Gasteiger partial charge in [-0.2, -0.15) is 0 Å². The molecule has 0 aliphatic carbocycles. The van der Waals surface area contributed by atoms with E-state index in [9.17, 15) is 0 Å². The normalized spacial score (nSPS) is 9.60. The maximum Gasteiger partial charge on any atom is 0.0807 e. The van der Waals surface area contributed by atoms with Crippen LogP contribution in [0, 0.1) is 0 Å². The molecule has 0 bridgehead atoms. The first-order valence-electron chi connectivity index (χ1n) is 1.44. The molecule has 1 aromatic heterocycles. The molecule has 1 heterocycles. The highest BCUT2D eigenvalue weighted by Gasteiger charge is 1.58. The van der Waals surface area contributed by atoms with Crippen LogP contribution in [-0.2, 0) is 0 Å². The first kappa shape index (κ1) is 3.25. The average Bonchev–Trinajstić information content (AvgIpc) is 1.76. The summed E-state index contributed by atoms with van der Waals surface area (Å²) < 4.78 is 3.05. The van der Waals surface area contributed by atoms with Crippen LogP contribution in [0.2, 0.25) is 0 Å². The minimum atomic E-state index is 0.606. The van der Waals surface area contributed by atoms with Crippen LogP contribution < -0.4 is 0 Å². The molecule has 5 heavy (non-hydrogen) atoms. The summed E-state index contributed by atoms with van der Waals surface area (Å²) >= 11 is 0. The molecular weight excluding hydrogens is 97.1 g/mol. The van der Waals surface area contributed by atoms with E-state index in [-0.39, 0.29) is 0 Å². The monoisotopic (exact) mass is 101 g/mol. The molecule has 0 spiro atoms. The summed E-state index contributed by atoms with van der Waals surface area (Å²) in [6.45, 7) is 0. The third kappa shape index (κ3) is 0.671. The summed E-state index contributed by atoms with van der Waals surface area (Å²) in [6, 6.07) is 0. The lowest BCUT2D eigenvalue weighted by molar-refractivity contribution is 1.59. The molecule has 0 radical (unpaired) electrons. The average molecular weight is 101 g/mol. The number of H-pyrrole nitrogens is 1. The minimum Gasteiger partial charge on any atom is -0.350 e. The standard InChI is InChI=1S/C2H4NPSi/c1-2-5-4-3-1/h1-3,5H. The molecule has 0 aliphatic rings. The second kappa shape index (κ2) is 1.48. The maximum atomic E-state index is 3.05. The van der Waals surface area contributed by atoms with E-state index >= 15 is 0 Å². The smallest absolute Gasteiger partial charge is 0.0807 e. The summed E-state index contributed by atoms with van der Waals surface area (Å²) in [5, 5.41) is 0. The first-order chi connectivity index (χ1) is 2.50. The van der Waals surface area contributed by atoms with Crippen LogP contribution in [0.5, 0.6) is 0 Å². The minimum absolute atomic E-state index is 0.606. The Labute approximate surface area is 34.2 Å². The molecule has 0 saturated carbocycles. The highest BCUT2D eigenvalue weighted by molar-refractivity contribution is 7.48. The van der Waals surface area contributed by atoms with Crippen LogP contribution in [0.4, 0.5) is 0 Å². The van der Waals surface area contributed by atoms with Crippen molar-refractivity contribution in [1.29, 1.82) is 0 Å². The lowest BCUT2D eigenvalue weighted by Crippen LogP contribution is -1.34. The molecule has 1 rings (SSSR count). The van der Waals surface area contributed by atoms with Crippen LogP contribution in [-0.4, -0.2) is 13.5 Å². The van der Waals surface area contributed by atoms with E-state index in [2.05, 4.69) is 10.4 Å². The van der Waals surface area contributed by atoms with Crippen molar-refractivity contribution in [2.45, 2.75) is 0 Å². The zero-order chi connectivity index (χ0) is 3.54. The summed E-state index contributed by atoms with van der Waals surface area (Å²) in [5.41, 5.74) is 2.20. The molecule has 0 saturated heterocycles. The lowest BCUT2D eigenvalue weighted by Gasteiger charge is -1.48. The predicted octanol–water partition coefficient (Wildman–Crippen LogP) is 0.665. The van der Waals surface area contributed by atoms with Gasteiger partial charge < -0.3 is 4.75 Å². The Morgan fingerprint density at radius 1 is 1.80 bits per heavy atom. The van der Waals surface area contributed by atoms with E-state index in [1.165, 1.54) is 7.88 Å². The van der Waals surface area contributed by atoms with Gasteiger partial charge in [0.1, 0.15) is 0 Å². The van der Waals surface area contributed by atoms with Crippen molar-refractivity contribution >= 4 is 16.7 Å². The Hall–Kier alpha value is 0.0569. The fraction of sp³-hybridized carbons (Fsp3) is 0. The van der Waals surface area contributed by atoms with Gasteiger partial charge in [0.05, 0.1) is 8.77 Å². The van der Waals surface area contributed by atoms with Crippen molar-refractivity contribution in [3.05, 3.63) is 11.9 Å². The SMILES string of the molecule is c1c[siH]p[nH]1. The van der Waals surface area contributed by atoms with Crippen molar-refractivity contribution in [2.24, 2.45) is 0 Å². The molecule has 3 heteroatoms. The molecule has 0 fully saturated rings. The molecule has 1 N–H and O–H groups in total. The van der Waals surface area contributed by atoms with Gasteiger partial charge in [0.25, 0.3) is 0 Å². The summed E-state index contributed by atoms with van der Waals surface area (Å²) in [7, 11) is 2.02. The van der Waals surface area contributed by atoms with Crippen molar-refractivity contribution in [3.63, 3.8) is 0 Å². The van der Waals surface area contributed by atoms with Crippen LogP contribution in [0.25, 0.3) is 0 Å². The van der Waals surface area contributed by atoms with Gasteiger partial charge in [-0.05, 0) is 14.1 Å². The third-order valence-electron chi connectivity index (χ3n) is 0.406. The van der Waals surface area contributed by atoms with Gasteiger partial charge in [-0.25, -0.2) is 0 Å². The molecule has 0 atom stereocenters. The van der Waals surface area contributed by atoms with Crippen LogP contribution in [0.3, 0.4) is 0 Å². The zero-order valence-electron chi connectivity index (χ0n) is 2.68. The number of hydrogen-bond donors (Lipinski definition) is 1. The Kier molecular flexibility index (Phi) is 0.965. The highest BCUT2D eigenvalue weighted by Crippen LogP contribution is 1.82. The van der Waals surface area contributed by atoms with Gasteiger partial charge in [-0.3, -0.25) is 0 Å². The molecule has 0 amide bonds. The number of aromatic amines is 1. The fourth-order valence-corrected chi connectivity index (χ4v) is 1.94. The molecule has 0 unspecified atom stereocenters. The van der Waals surface area contributed by atoms with E-state index in [1.54, 1.807) is 0 Å². The highest BCUT2D eigenvalue weighted by atomic mass is 31.2. The lowest BCUT2D eigenvalue weighted by atomic mass is 11.1. The van der Waals surface area contributed by atoms with E-state index in [4.69, 9.17) is 0 Å². The van der Waals surface area contributed by atoms with Crippen molar-refractivity contribution in [3.8, 4) is 0 Å². The van der Waals surface area contributed by atoms with Crippen LogP contribution >= 0.6 is 7.88 Å². The first-order valence-corrected chi connectivity index (χ1v) is 4.62. The Morgan fingerprint density at radius 3 is 3.00 bits per heavy atom. The van der Waals surface area contributed by atoms with Crippen molar-refractivity contribution in [1.82, 2.24) is 4.75 Å². The summed E-state index contributed by atoms with van der Waals surface area (Å²) in [6.07, 6.45) is 2.01. The molecule has 1 aromatic rings. The number of hydrogen-bond acceptors (Lipinski definition) is 0. The van der Waals surface area contributed by atoms with Gasteiger partial charge in [0.15, 0.2) is 0 Å². The molecular formula is C2H4NPSi. The second-order valence-electron chi connectivity index (χ2n) is 0.766. The molecule has 0 aromatic carbocycles. The van der Waals surface area contributed by atoms with Gasteiger partial charge in [0, 0.05) is 0 Å². The number of aromatic nitrogens is 1. The van der Waals surface area contributed by atoms with E-state index in [1.807, 2.05) is 6.20 Å². The molecule has 0 aliphatic heterocycles. The fourth-order valence-electron chi connectivity index (χ4n) is 0.215. The third-order valence-corrected chi connectivity index (χ3v) is 2.63. The number of nitrogens with one attached hydrogen (secondary N) is 1. The van der Waals surface area contributed by atoms with Crippen LogP contribution in [0.1, 0.15) is 0 Å². The molecule has 1 nitrogen and oxygen atoms in total. The van der Waals surface area contributed by atoms with Gasteiger partial charge in [-0.1, -0.05) is 5.68 Å². The quantitative estimate of drug-likeness (QED) is 0.462. The number of rotatable bonds is 0. The topological polar surface area (TPSA) is 15.8 Å². The van der Waals surface area contributed by atoms with E-state index < -0.39 is 0 Å². The van der Waals surface area contributed by atoms with E-state index in [0.29, 0.717) is 8.77 Å². The second-order valence-corrected chi connectivity index (χ2v) is 3.63.